The Morgan fingerprint density at radius 1 is 1.25 bits per heavy atom. The highest BCUT2D eigenvalue weighted by atomic mass is 14.9. The molecule has 0 unspecified atom stereocenters. The lowest BCUT2D eigenvalue weighted by atomic mass is 10.1. The average Bonchev–Trinajstić information content (AvgIpc) is 2.14. The summed E-state index contributed by atoms with van der Waals surface area (Å²) in [6.45, 7) is 4.32. The summed E-state index contributed by atoms with van der Waals surface area (Å²) in [5.41, 5.74) is 0. The molecule has 1 aliphatic rings. The minimum atomic E-state index is 0.674. The lowest BCUT2D eigenvalue weighted by Gasteiger charge is -2.22. The molecule has 0 aromatic rings. The Labute approximate surface area is 74.7 Å². The van der Waals surface area contributed by atoms with Crippen LogP contribution in [0.15, 0.2) is 24.4 Å². The van der Waals surface area contributed by atoms with Gasteiger partial charge in [0.25, 0.3) is 0 Å². The van der Waals surface area contributed by atoms with Crippen LogP contribution in [0, 0.1) is 0 Å². The van der Waals surface area contributed by atoms with Gasteiger partial charge in [-0.05, 0) is 45.1 Å². The van der Waals surface area contributed by atoms with Crippen molar-refractivity contribution in [2.45, 2.75) is 25.8 Å². The fraction of sp³-hybridized carbons (Fsp3) is 0.600. The summed E-state index contributed by atoms with van der Waals surface area (Å²) in [4.78, 5) is 0. The molecule has 2 heteroatoms. The van der Waals surface area contributed by atoms with Gasteiger partial charge in [0, 0.05) is 6.04 Å². The van der Waals surface area contributed by atoms with E-state index < -0.39 is 0 Å². The van der Waals surface area contributed by atoms with Gasteiger partial charge >= 0.3 is 0 Å². The van der Waals surface area contributed by atoms with Gasteiger partial charge in [-0.15, -0.1) is 0 Å². The highest BCUT2D eigenvalue weighted by molar-refractivity contribution is 5.00. The van der Waals surface area contributed by atoms with Gasteiger partial charge in [-0.2, -0.15) is 0 Å². The molecule has 1 fully saturated rings. The van der Waals surface area contributed by atoms with Crippen molar-refractivity contribution in [3.63, 3.8) is 0 Å². The molecular formula is C10H18N2. The first kappa shape index (κ1) is 9.33. The van der Waals surface area contributed by atoms with Crippen LogP contribution < -0.4 is 10.6 Å². The van der Waals surface area contributed by atoms with Gasteiger partial charge in [0.2, 0.25) is 0 Å². The maximum absolute atomic E-state index is 3.38. The highest BCUT2D eigenvalue weighted by Crippen LogP contribution is 2.01. The Bertz CT molecular complexity index is 155. The van der Waals surface area contributed by atoms with E-state index in [-0.39, 0.29) is 0 Å². The summed E-state index contributed by atoms with van der Waals surface area (Å²) in [7, 11) is 0. The number of nitrogens with one attached hydrogen (secondary N) is 2. The third-order valence-electron chi connectivity index (χ3n) is 2.07. The van der Waals surface area contributed by atoms with Crippen molar-refractivity contribution in [3.05, 3.63) is 24.4 Å². The minimum absolute atomic E-state index is 0.674. The predicted molar refractivity (Wildman–Crippen MR) is 53.0 cm³/mol. The topological polar surface area (TPSA) is 24.1 Å². The van der Waals surface area contributed by atoms with Crippen LogP contribution in [0.4, 0.5) is 0 Å². The molecule has 0 amide bonds. The molecule has 0 aliphatic carbocycles. The highest BCUT2D eigenvalue weighted by Gasteiger charge is 2.09. The molecule has 0 aromatic carbocycles. The molecule has 12 heavy (non-hydrogen) atoms. The van der Waals surface area contributed by atoms with Gasteiger partial charge in [-0.1, -0.05) is 12.2 Å². The molecule has 0 saturated carbocycles. The third kappa shape index (κ3) is 3.58. The van der Waals surface area contributed by atoms with E-state index in [1.807, 2.05) is 31.4 Å². The van der Waals surface area contributed by atoms with Gasteiger partial charge in [0.05, 0.1) is 0 Å². The van der Waals surface area contributed by atoms with Crippen LogP contribution in [0.3, 0.4) is 0 Å². The molecule has 1 rings (SSSR count). The molecule has 2 N–H and O–H groups in total. The summed E-state index contributed by atoms with van der Waals surface area (Å²) < 4.78 is 0. The molecule has 2 nitrogen and oxygen atoms in total. The zero-order chi connectivity index (χ0) is 8.65. The van der Waals surface area contributed by atoms with Crippen LogP contribution in [-0.2, 0) is 0 Å². The molecule has 0 atom stereocenters. The van der Waals surface area contributed by atoms with Crippen molar-refractivity contribution in [2.75, 3.05) is 13.1 Å². The molecule has 1 aliphatic heterocycles. The first-order valence-corrected chi connectivity index (χ1v) is 4.68. The van der Waals surface area contributed by atoms with Crippen molar-refractivity contribution >= 4 is 0 Å². The van der Waals surface area contributed by atoms with Crippen LogP contribution in [0.1, 0.15) is 19.8 Å². The van der Waals surface area contributed by atoms with Gasteiger partial charge in [-0.3, -0.25) is 0 Å². The Morgan fingerprint density at radius 2 is 2.00 bits per heavy atom. The van der Waals surface area contributed by atoms with Crippen LogP contribution in [0.2, 0.25) is 0 Å². The molecule has 0 spiro atoms. The second-order valence-corrected chi connectivity index (χ2v) is 3.08. The molecule has 0 aromatic heterocycles. The van der Waals surface area contributed by atoms with Crippen molar-refractivity contribution in [1.29, 1.82) is 0 Å². The van der Waals surface area contributed by atoms with Gasteiger partial charge < -0.3 is 10.6 Å². The fourth-order valence-electron chi connectivity index (χ4n) is 1.35. The van der Waals surface area contributed by atoms with Crippen LogP contribution in [0.25, 0.3) is 0 Å². The maximum atomic E-state index is 3.38. The monoisotopic (exact) mass is 166 g/mol. The van der Waals surface area contributed by atoms with Crippen LogP contribution in [0.5, 0.6) is 0 Å². The van der Waals surface area contributed by atoms with Crippen molar-refractivity contribution in [1.82, 2.24) is 10.6 Å². The maximum Gasteiger partial charge on any atom is 0.0279 e. The molecular weight excluding hydrogens is 148 g/mol. The Balaban J connectivity index is 2.12. The lowest BCUT2D eigenvalue weighted by Crippen LogP contribution is -2.37. The van der Waals surface area contributed by atoms with Crippen molar-refractivity contribution in [3.8, 4) is 0 Å². The summed E-state index contributed by atoms with van der Waals surface area (Å²) in [5, 5.41) is 6.72. The molecule has 0 radical (unpaired) electrons. The molecule has 1 heterocycles. The number of hydrogen-bond acceptors (Lipinski definition) is 2. The average molecular weight is 166 g/mol. The van der Waals surface area contributed by atoms with Gasteiger partial charge in [0.15, 0.2) is 0 Å². The van der Waals surface area contributed by atoms with E-state index in [0.717, 1.165) is 13.1 Å². The number of hydrogen-bond donors (Lipinski definition) is 2. The lowest BCUT2D eigenvalue weighted by molar-refractivity contribution is 0.420. The molecule has 0 bridgehead atoms. The Hall–Kier alpha value is -0.760. The van der Waals surface area contributed by atoms with Crippen LogP contribution >= 0.6 is 0 Å². The van der Waals surface area contributed by atoms with E-state index in [1.165, 1.54) is 12.8 Å². The quantitative estimate of drug-likeness (QED) is 0.620. The number of piperidine rings is 1. The van der Waals surface area contributed by atoms with E-state index >= 15 is 0 Å². The zero-order valence-electron chi connectivity index (χ0n) is 7.72. The zero-order valence-corrected chi connectivity index (χ0v) is 7.72. The SMILES string of the molecule is C/C=C\C=C/NC1CCNCC1. The minimum Gasteiger partial charge on any atom is -0.388 e. The van der Waals surface area contributed by atoms with Gasteiger partial charge in [-0.25, -0.2) is 0 Å². The fourth-order valence-corrected chi connectivity index (χ4v) is 1.35. The summed E-state index contributed by atoms with van der Waals surface area (Å²) in [5.74, 6) is 0. The molecule has 68 valence electrons. The first-order chi connectivity index (χ1) is 5.93. The number of allylic oxidation sites excluding steroid dienone is 3. The first-order valence-electron chi connectivity index (χ1n) is 4.68. The van der Waals surface area contributed by atoms with E-state index in [0.29, 0.717) is 6.04 Å². The standard InChI is InChI=1S/C10H18N2/c1-2-3-4-7-12-10-5-8-11-9-6-10/h2-4,7,10-12H,5-6,8-9H2,1H3/b3-2-,7-4-. The van der Waals surface area contributed by atoms with E-state index in [1.54, 1.807) is 0 Å². The van der Waals surface area contributed by atoms with Gasteiger partial charge in [0.1, 0.15) is 0 Å². The normalized spacial score (nSPS) is 20.8. The molecule has 1 saturated heterocycles. The second-order valence-electron chi connectivity index (χ2n) is 3.08. The second kappa shape index (κ2) is 5.84. The van der Waals surface area contributed by atoms with Crippen molar-refractivity contribution < 1.29 is 0 Å². The summed E-state index contributed by atoms with van der Waals surface area (Å²) >= 11 is 0. The van der Waals surface area contributed by atoms with E-state index in [2.05, 4.69) is 10.6 Å². The van der Waals surface area contributed by atoms with E-state index in [4.69, 9.17) is 0 Å². The van der Waals surface area contributed by atoms with E-state index in [9.17, 15) is 0 Å². The predicted octanol–water partition coefficient (Wildman–Crippen LogP) is 1.42. The van der Waals surface area contributed by atoms with Crippen LogP contribution in [-0.4, -0.2) is 19.1 Å². The van der Waals surface area contributed by atoms with Crippen molar-refractivity contribution in [2.24, 2.45) is 0 Å². The summed E-state index contributed by atoms with van der Waals surface area (Å²) in [6, 6.07) is 0.674. The largest absolute Gasteiger partial charge is 0.388 e. The third-order valence-corrected chi connectivity index (χ3v) is 2.07. The summed E-state index contributed by atoms with van der Waals surface area (Å²) in [6.07, 6.45) is 10.6. The number of rotatable bonds is 3. The Morgan fingerprint density at radius 3 is 2.67 bits per heavy atom. The smallest absolute Gasteiger partial charge is 0.0279 e. The Kier molecular flexibility index (Phi) is 4.54.